The van der Waals surface area contributed by atoms with Gasteiger partial charge in [0.15, 0.2) is 8.32 Å². The van der Waals surface area contributed by atoms with E-state index in [1.807, 2.05) is 0 Å². The van der Waals surface area contributed by atoms with E-state index >= 15 is 0 Å². The summed E-state index contributed by atoms with van der Waals surface area (Å²) in [5.74, 6) is 5.71. The first kappa shape index (κ1) is 14.7. The predicted molar refractivity (Wildman–Crippen MR) is 71.7 cm³/mol. The Hall–Kier alpha value is -0.393. The largest absolute Gasteiger partial charge is 0.417 e. The minimum atomic E-state index is -1.63. The van der Waals surface area contributed by atoms with Crippen molar-refractivity contribution in [1.29, 1.82) is 0 Å². The molecule has 0 atom stereocenters. The number of carbonyl (C=O) groups is 1. The summed E-state index contributed by atoms with van der Waals surface area (Å²) in [6.07, 6.45) is 1.83. The van der Waals surface area contributed by atoms with E-state index in [-0.39, 0.29) is 16.9 Å². The molecule has 0 aromatic carbocycles. The highest BCUT2D eigenvalue weighted by atomic mass is 28.4. The van der Waals surface area contributed by atoms with Gasteiger partial charge in [0.2, 0.25) is 5.91 Å². The Bertz CT molecular complexity index is 281. The molecule has 0 aromatic heterocycles. The summed E-state index contributed by atoms with van der Waals surface area (Å²) in [5, 5.41) is 0.255. The van der Waals surface area contributed by atoms with Crippen molar-refractivity contribution < 1.29 is 9.22 Å². The summed E-state index contributed by atoms with van der Waals surface area (Å²) in [6, 6.07) is 0. The van der Waals surface area contributed by atoms with Crippen molar-refractivity contribution in [3.63, 3.8) is 0 Å². The quantitative estimate of drug-likeness (QED) is 0.351. The maximum atomic E-state index is 11.2. The smallest absolute Gasteiger partial charge is 0.237 e. The SMILES string of the molecule is CC(C)(C)[Si](C)(C)OCC1CC(C(=O)NN)C1. The molecule has 1 fully saturated rings. The molecule has 0 aliphatic heterocycles. The Morgan fingerprint density at radius 1 is 1.41 bits per heavy atom. The first-order valence-electron chi connectivity index (χ1n) is 6.32. The third-order valence-electron chi connectivity index (χ3n) is 4.23. The number of nitrogens with one attached hydrogen (secondary N) is 1. The Kier molecular flexibility index (Phi) is 4.38. The van der Waals surface area contributed by atoms with Gasteiger partial charge in [-0.05, 0) is 36.9 Å². The Morgan fingerprint density at radius 3 is 2.35 bits per heavy atom. The van der Waals surface area contributed by atoms with Crippen LogP contribution in [0.25, 0.3) is 0 Å². The Labute approximate surface area is 105 Å². The van der Waals surface area contributed by atoms with Gasteiger partial charge in [0, 0.05) is 12.5 Å². The predicted octanol–water partition coefficient (Wildman–Crippen LogP) is 2.02. The van der Waals surface area contributed by atoms with Crippen molar-refractivity contribution in [2.45, 2.75) is 51.7 Å². The summed E-state index contributed by atoms with van der Waals surface area (Å²) in [5.41, 5.74) is 2.21. The maximum absolute atomic E-state index is 11.2. The summed E-state index contributed by atoms with van der Waals surface area (Å²) >= 11 is 0. The topological polar surface area (TPSA) is 64.3 Å². The minimum absolute atomic E-state index is 0.0337. The van der Waals surface area contributed by atoms with Gasteiger partial charge < -0.3 is 4.43 Å². The lowest BCUT2D eigenvalue weighted by molar-refractivity contribution is -0.129. The number of nitrogens with two attached hydrogens (primary N) is 1. The van der Waals surface area contributed by atoms with Crippen LogP contribution < -0.4 is 11.3 Å². The van der Waals surface area contributed by atoms with E-state index in [0.717, 1.165) is 19.4 Å². The van der Waals surface area contributed by atoms with Gasteiger partial charge in [-0.2, -0.15) is 0 Å². The lowest BCUT2D eigenvalue weighted by Gasteiger charge is -2.40. The minimum Gasteiger partial charge on any atom is -0.417 e. The molecule has 17 heavy (non-hydrogen) atoms. The molecule has 0 unspecified atom stereocenters. The van der Waals surface area contributed by atoms with E-state index in [1.165, 1.54) is 0 Å². The molecule has 1 amide bonds. The monoisotopic (exact) mass is 258 g/mol. The van der Waals surface area contributed by atoms with E-state index in [1.54, 1.807) is 0 Å². The third kappa shape index (κ3) is 3.53. The molecular weight excluding hydrogens is 232 g/mol. The number of hydrogen-bond donors (Lipinski definition) is 2. The van der Waals surface area contributed by atoms with Crippen LogP contribution in [-0.4, -0.2) is 20.8 Å². The molecule has 5 heteroatoms. The molecule has 3 N–H and O–H groups in total. The Balaban J connectivity index is 2.29. The highest BCUT2D eigenvalue weighted by molar-refractivity contribution is 6.74. The number of rotatable bonds is 4. The molecule has 0 spiro atoms. The van der Waals surface area contributed by atoms with E-state index in [9.17, 15) is 4.79 Å². The molecule has 1 aliphatic carbocycles. The van der Waals surface area contributed by atoms with Crippen LogP contribution in [0.1, 0.15) is 33.6 Å². The van der Waals surface area contributed by atoms with Gasteiger partial charge in [-0.1, -0.05) is 20.8 Å². The highest BCUT2D eigenvalue weighted by Gasteiger charge is 2.40. The van der Waals surface area contributed by atoms with E-state index < -0.39 is 8.32 Å². The first-order chi connectivity index (χ1) is 7.67. The van der Waals surface area contributed by atoms with Gasteiger partial charge >= 0.3 is 0 Å². The molecule has 4 nitrogen and oxygen atoms in total. The molecule has 100 valence electrons. The van der Waals surface area contributed by atoms with Crippen LogP contribution in [0.5, 0.6) is 0 Å². The summed E-state index contributed by atoms with van der Waals surface area (Å²) < 4.78 is 6.14. The van der Waals surface area contributed by atoms with Crippen molar-refractivity contribution in [3.8, 4) is 0 Å². The van der Waals surface area contributed by atoms with Crippen molar-refractivity contribution in [3.05, 3.63) is 0 Å². The molecule has 1 rings (SSSR count). The fourth-order valence-electron chi connectivity index (χ4n) is 1.75. The number of carbonyl (C=O) groups excluding carboxylic acids is 1. The fourth-order valence-corrected chi connectivity index (χ4v) is 2.83. The molecule has 1 saturated carbocycles. The molecular formula is C12H26N2O2Si. The van der Waals surface area contributed by atoms with E-state index in [4.69, 9.17) is 10.3 Å². The highest BCUT2D eigenvalue weighted by Crippen LogP contribution is 2.39. The molecule has 1 aliphatic rings. The van der Waals surface area contributed by atoms with Gasteiger partial charge in [-0.15, -0.1) is 0 Å². The summed E-state index contributed by atoms with van der Waals surface area (Å²) in [4.78, 5) is 11.2. The molecule has 0 saturated heterocycles. The lowest BCUT2D eigenvalue weighted by Crippen LogP contribution is -2.46. The van der Waals surface area contributed by atoms with Gasteiger partial charge in [0.05, 0.1) is 0 Å². The third-order valence-corrected chi connectivity index (χ3v) is 8.74. The van der Waals surface area contributed by atoms with Crippen molar-refractivity contribution in [2.24, 2.45) is 17.7 Å². The maximum Gasteiger partial charge on any atom is 0.237 e. The lowest BCUT2D eigenvalue weighted by atomic mass is 9.75. The molecule has 0 bridgehead atoms. The second kappa shape index (κ2) is 5.08. The van der Waals surface area contributed by atoms with Crippen molar-refractivity contribution in [2.75, 3.05) is 6.61 Å². The normalized spacial score (nSPS) is 25.3. The number of hydrazine groups is 1. The zero-order valence-electron chi connectivity index (χ0n) is 11.7. The van der Waals surface area contributed by atoms with Crippen LogP contribution in [-0.2, 0) is 9.22 Å². The second-order valence-electron chi connectivity index (χ2n) is 6.61. The van der Waals surface area contributed by atoms with E-state index in [0.29, 0.717) is 5.92 Å². The van der Waals surface area contributed by atoms with Crippen LogP contribution in [0.15, 0.2) is 0 Å². The average Bonchev–Trinajstić information content (AvgIpc) is 2.12. The van der Waals surface area contributed by atoms with Crippen LogP contribution in [0.2, 0.25) is 18.1 Å². The van der Waals surface area contributed by atoms with Gasteiger partial charge in [0.25, 0.3) is 0 Å². The zero-order chi connectivity index (χ0) is 13.3. The molecule has 0 aromatic rings. The zero-order valence-corrected chi connectivity index (χ0v) is 12.7. The molecule has 0 radical (unpaired) electrons. The average molecular weight is 258 g/mol. The van der Waals surface area contributed by atoms with Gasteiger partial charge in [-0.3, -0.25) is 10.2 Å². The van der Waals surface area contributed by atoms with Crippen LogP contribution in [0.3, 0.4) is 0 Å². The summed E-state index contributed by atoms with van der Waals surface area (Å²) in [6.45, 7) is 12.0. The van der Waals surface area contributed by atoms with Crippen LogP contribution in [0, 0.1) is 11.8 Å². The standard InChI is InChI=1S/C12H26N2O2Si/c1-12(2,3)17(4,5)16-8-9-6-10(7-9)11(15)14-13/h9-10H,6-8,13H2,1-5H3,(H,14,15). The van der Waals surface area contributed by atoms with Gasteiger partial charge in [-0.25, -0.2) is 5.84 Å². The van der Waals surface area contributed by atoms with Crippen molar-refractivity contribution >= 4 is 14.2 Å². The van der Waals surface area contributed by atoms with E-state index in [2.05, 4.69) is 39.3 Å². The van der Waals surface area contributed by atoms with Gasteiger partial charge in [0.1, 0.15) is 0 Å². The van der Waals surface area contributed by atoms with Crippen molar-refractivity contribution in [1.82, 2.24) is 5.43 Å². The number of amides is 1. The number of hydrogen-bond acceptors (Lipinski definition) is 3. The summed E-state index contributed by atoms with van der Waals surface area (Å²) in [7, 11) is -1.63. The van der Waals surface area contributed by atoms with Crippen LogP contribution >= 0.6 is 0 Å². The first-order valence-corrected chi connectivity index (χ1v) is 9.22. The fraction of sp³-hybridized carbons (Fsp3) is 0.917. The van der Waals surface area contributed by atoms with Crippen LogP contribution in [0.4, 0.5) is 0 Å². The second-order valence-corrected chi connectivity index (χ2v) is 11.4. The molecule has 0 heterocycles. The Morgan fingerprint density at radius 2 is 1.94 bits per heavy atom.